The van der Waals surface area contributed by atoms with Gasteiger partial charge in [0.05, 0.1) is 39.1 Å². The van der Waals surface area contributed by atoms with Gasteiger partial charge in [0.15, 0.2) is 0 Å². The van der Waals surface area contributed by atoms with Crippen molar-refractivity contribution in [2.75, 3.05) is 38.5 Å². The molecule has 0 spiro atoms. The van der Waals surface area contributed by atoms with E-state index in [4.69, 9.17) is 24.3 Å². The van der Waals surface area contributed by atoms with Gasteiger partial charge in [-0.2, -0.15) is 4.98 Å². The molecule has 0 bridgehead atoms. The van der Waals surface area contributed by atoms with Crippen LogP contribution in [0.1, 0.15) is 115 Å². The van der Waals surface area contributed by atoms with E-state index in [2.05, 4.69) is 11.9 Å². The Morgan fingerprint density at radius 3 is 1.96 bits per heavy atom. The maximum absolute atomic E-state index is 13.6. The van der Waals surface area contributed by atoms with E-state index in [1.807, 2.05) is 30.3 Å². The van der Waals surface area contributed by atoms with Crippen LogP contribution in [0.2, 0.25) is 0 Å². The first-order chi connectivity index (χ1) is 22.5. The maximum atomic E-state index is 13.6. The standard InChI is InChI=1S/C35H60N3O7P/c1-2-3-4-5-6-7-8-9-10-11-12-13-14-15-16-20-25-42-26-27-44-46(41,45-30-32-21-18-17-19-22-32)31-43-33(29-39)28-38-24-23-34(36)37-35(38)40/h17-19,21-24,33,39H,2-16,20,25-31H2,1H3,(H2,36,37,40)/t33-,46+/m1/s1. The molecule has 11 heteroatoms. The van der Waals surface area contributed by atoms with E-state index >= 15 is 0 Å². The minimum Gasteiger partial charge on any atom is -0.394 e. The Morgan fingerprint density at radius 2 is 1.39 bits per heavy atom. The van der Waals surface area contributed by atoms with Gasteiger partial charge >= 0.3 is 13.3 Å². The summed E-state index contributed by atoms with van der Waals surface area (Å²) >= 11 is 0. The quantitative estimate of drug-likeness (QED) is 0.0631. The van der Waals surface area contributed by atoms with Gasteiger partial charge in [0.1, 0.15) is 12.2 Å². The van der Waals surface area contributed by atoms with Crippen LogP contribution < -0.4 is 11.4 Å². The summed E-state index contributed by atoms with van der Waals surface area (Å²) in [6.45, 7) is 2.94. The van der Waals surface area contributed by atoms with Gasteiger partial charge in [-0.25, -0.2) is 4.79 Å². The molecule has 262 valence electrons. The minimum atomic E-state index is -3.71. The van der Waals surface area contributed by atoms with Gasteiger partial charge in [0, 0.05) is 12.8 Å². The molecule has 1 aromatic heterocycles. The fraction of sp³-hybridized carbons (Fsp3) is 0.714. The molecular formula is C35H60N3O7P. The summed E-state index contributed by atoms with van der Waals surface area (Å²) < 4.78 is 37.6. The van der Waals surface area contributed by atoms with E-state index in [-0.39, 0.29) is 38.5 Å². The predicted octanol–water partition coefficient (Wildman–Crippen LogP) is 7.87. The van der Waals surface area contributed by atoms with Crippen molar-refractivity contribution in [2.45, 2.75) is 129 Å². The zero-order valence-electron chi connectivity index (χ0n) is 28.2. The molecule has 1 heterocycles. The smallest absolute Gasteiger partial charge is 0.356 e. The number of aromatic nitrogens is 2. The second kappa shape index (κ2) is 26.0. The molecule has 3 N–H and O–H groups in total. The van der Waals surface area contributed by atoms with Crippen LogP contribution in [0.4, 0.5) is 5.82 Å². The van der Waals surface area contributed by atoms with Crippen molar-refractivity contribution in [1.82, 2.24) is 9.55 Å². The fourth-order valence-electron chi connectivity index (χ4n) is 5.11. The molecule has 2 atom stereocenters. The molecule has 0 aliphatic carbocycles. The highest BCUT2D eigenvalue weighted by atomic mass is 31.2. The Kier molecular flexibility index (Phi) is 22.6. The Morgan fingerprint density at radius 1 is 0.804 bits per heavy atom. The van der Waals surface area contributed by atoms with Crippen LogP contribution in [0, 0.1) is 0 Å². The lowest BCUT2D eigenvalue weighted by molar-refractivity contribution is 0.0112. The summed E-state index contributed by atoms with van der Waals surface area (Å²) in [5, 5.41) is 9.81. The van der Waals surface area contributed by atoms with E-state index in [0.717, 1.165) is 18.4 Å². The summed E-state index contributed by atoms with van der Waals surface area (Å²) in [6, 6.07) is 10.8. The highest BCUT2D eigenvalue weighted by Crippen LogP contribution is 2.49. The molecule has 10 nitrogen and oxygen atoms in total. The van der Waals surface area contributed by atoms with E-state index in [9.17, 15) is 14.5 Å². The third-order valence-corrected chi connectivity index (χ3v) is 9.46. The van der Waals surface area contributed by atoms with Gasteiger partial charge in [0.25, 0.3) is 0 Å². The number of aliphatic hydroxyl groups excluding tert-OH is 1. The van der Waals surface area contributed by atoms with Crippen LogP contribution in [-0.2, 0) is 36.2 Å². The van der Waals surface area contributed by atoms with Crippen LogP contribution in [0.5, 0.6) is 0 Å². The van der Waals surface area contributed by atoms with Crippen molar-refractivity contribution in [1.29, 1.82) is 0 Å². The molecule has 2 rings (SSSR count). The lowest BCUT2D eigenvalue weighted by atomic mass is 10.0. The number of nitrogen functional groups attached to an aromatic ring is 1. The lowest BCUT2D eigenvalue weighted by Crippen LogP contribution is -2.32. The van der Waals surface area contributed by atoms with Gasteiger partial charge in [-0.15, -0.1) is 0 Å². The van der Waals surface area contributed by atoms with E-state index in [1.54, 1.807) is 0 Å². The maximum Gasteiger partial charge on any atom is 0.356 e. The lowest BCUT2D eigenvalue weighted by Gasteiger charge is -2.22. The number of aliphatic hydroxyl groups is 1. The highest BCUT2D eigenvalue weighted by molar-refractivity contribution is 7.53. The third-order valence-electron chi connectivity index (χ3n) is 7.90. The van der Waals surface area contributed by atoms with Crippen molar-refractivity contribution in [3.8, 4) is 0 Å². The topological polar surface area (TPSA) is 135 Å². The van der Waals surface area contributed by atoms with Crippen LogP contribution in [0.15, 0.2) is 47.4 Å². The fourth-order valence-corrected chi connectivity index (χ4v) is 6.42. The van der Waals surface area contributed by atoms with E-state index in [1.165, 1.54) is 107 Å². The van der Waals surface area contributed by atoms with Gasteiger partial charge in [-0.1, -0.05) is 134 Å². The summed E-state index contributed by atoms with van der Waals surface area (Å²) in [6.07, 6.45) is 21.4. The van der Waals surface area contributed by atoms with Crippen molar-refractivity contribution >= 4 is 13.4 Å². The summed E-state index contributed by atoms with van der Waals surface area (Å²) in [5.74, 6) is 0.104. The molecule has 0 unspecified atom stereocenters. The Balaban J connectivity index is 1.58. The average Bonchev–Trinajstić information content (AvgIpc) is 3.06. The van der Waals surface area contributed by atoms with Crippen LogP contribution in [-0.4, -0.2) is 53.5 Å². The molecule has 0 saturated carbocycles. The summed E-state index contributed by atoms with van der Waals surface area (Å²) in [5.41, 5.74) is 5.82. The second-order valence-corrected chi connectivity index (χ2v) is 14.0. The Hall–Kier alpha value is -2.07. The molecule has 46 heavy (non-hydrogen) atoms. The number of hydrogen-bond donors (Lipinski definition) is 2. The van der Waals surface area contributed by atoms with Gasteiger partial charge in [-0.05, 0) is 18.1 Å². The van der Waals surface area contributed by atoms with Crippen molar-refractivity contribution in [3.63, 3.8) is 0 Å². The first kappa shape index (κ1) is 40.1. The van der Waals surface area contributed by atoms with Crippen molar-refractivity contribution in [3.05, 3.63) is 58.6 Å². The molecule has 0 fully saturated rings. The predicted molar refractivity (Wildman–Crippen MR) is 185 cm³/mol. The summed E-state index contributed by atoms with van der Waals surface area (Å²) in [4.78, 5) is 15.7. The molecule has 0 radical (unpaired) electrons. The normalized spacial score (nSPS) is 13.5. The average molecular weight is 666 g/mol. The molecule has 0 aliphatic rings. The minimum absolute atomic E-state index is 0.00369. The number of nitrogens with zero attached hydrogens (tertiary/aromatic N) is 2. The highest BCUT2D eigenvalue weighted by Gasteiger charge is 2.27. The van der Waals surface area contributed by atoms with Crippen LogP contribution in [0.25, 0.3) is 0 Å². The summed E-state index contributed by atoms with van der Waals surface area (Å²) in [7, 11) is -3.71. The zero-order chi connectivity index (χ0) is 33.1. The number of benzene rings is 1. The number of hydrogen-bond acceptors (Lipinski definition) is 9. The van der Waals surface area contributed by atoms with Gasteiger partial charge in [0.2, 0.25) is 0 Å². The Bertz CT molecular complexity index is 1120. The number of anilines is 1. The first-order valence-corrected chi connectivity index (χ1v) is 19.2. The molecule has 1 aromatic carbocycles. The number of unbranched alkanes of at least 4 members (excludes halogenated alkanes) is 15. The molecule has 0 aliphatic heterocycles. The molecular weight excluding hydrogens is 605 g/mol. The van der Waals surface area contributed by atoms with Gasteiger partial charge < -0.3 is 29.4 Å². The third kappa shape index (κ3) is 19.6. The first-order valence-electron chi connectivity index (χ1n) is 17.5. The number of ether oxygens (including phenoxy) is 2. The van der Waals surface area contributed by atoms with Crippen molar-refractivity contribution in [2.24, 2.45) is 0 Å². The molecule has 0 saturated heterocycles. The van der Waals surface area contributed by atoms with Crippen LogP contribution in [0.3, 0.4) is 0 Å². The number of rotatable bonds is 30. The van der Waals surface area contributed by atoms with Crippen molar-refractivity contribution < 1.29 is 28.2 Å². The zero-order valence-corrected chi connectivity index (χ0v) is 29.1. The largest absolute Gasteiger partial charge is 0.394 e. The van der Waals surface area contributed by atoms with E-state index in [0.29, 0.717) is 6.61 Å². The molecule has 2 aromatic rings. The Labute approximate surface area is 276 Å². The van der Waals surface area contributed by atoms with E-state index < -0.39 is 26.0 Å². The molecule has 0 amide bonds. The monoisotopic (exact) mass is 665 g/mol. The second-order valence-electron chi connectivity index (χ2n) is 12.0. The van der Waals surface area contributed by atoms with Gasteiger partial charge in [-0.3, -0.25) is 9.13 Å². The van der Waals surface area contributed by atoms with Crippen LogP contribution >= 0.6 is 7.60 Å². The number of nitrogens with two attached hydrogens (primary N) is 1. The SMILES string of the molecule is CCCCCCCCCCCCCCCCCCOCCO[P@@](=O)(CO[C@@H](CO)Cn1ccc(N)nc1=O)OCc1ccccc1.